The van der Waals surface area contributed by atoms with Gasteiger partial charge in [0.25, 0.3) is 0 Å². The van der Waals surface area contributed by atoms with Crippen molar-refractivity contribution in [1.82, 2.24) is 0 Å². The number of halogens is 3. The summed E-state index contributed by atoms with van der Waals surface area (Å²) in [5.74, 6) is -0.147. The summed E-state index contributed by atoms with van der Waals surface area (Å²) in [6.07, 6.45) is -4.66. The fourth-order valence-electron chi connectivity index (χ4n) is 1.84. The molecule has 3 nitrogen and oxygen atoms in total. The van der Waals surface area contributed by atoms with Crippen molar-refractivity contribution < 1.29 is 22.6 Å². The maximum Gasteiger partial charge on any atom is 0.573 e. The van der Waals surface area contributed by atoms with Crippen molar-refractivity contribution in [3.05, 3.63) is 23.8 Å². The van der Waals surface area contributed by atoms with Crippen LogP contribution in [-0.4, -0.2) is 32.7 Å². The predicted octanol–water partition coefficient (Wildman–Crippen LogP) is 2.73. The van der Waals surface area contributed by atoms with Crippen LogP contribution in [0.5, 0.6) is 5.75 Å². The molecule has 18 heavy (non-hydrogen) atoms. The lowest BCUT2D eigenvalue weighted by Crippen LogP contribution is -2.36. The summed E-state index contributed by atoms with van der Waals surface area (Å²) in [5.41, 5.74) is 1.19. The lowest BCUT2D eigenvalue weighted by molar-refractivity contribution is -0.274. The van der Waals surface area contributed by atoms with Crippen molar-refractivity contribution in [3.8, 4) is 5.75 Å². The van der Waals surface area contributed by atoms with Crippen LogP contribution in [0, 0.1) is 6.92 Å². The predicted molar refractivity (Wildman–Crippen MR) is 60.9 cm³/mol. The van der Waals surface area contributed by atoms with Gasteiger partial charge in [-0.15, -0.1) is 13.2 Å². The Bertz CT molecular complexity index is 414. The molecule has 100 valence electrons. The quantitative estimate of drug-likeness (QED) is 0.817. The average Bonchev–Trinajstić information content (AvgIpc) is 2.31. The highest BCUT2D eigenvalue weighted by molar-refractivity contribution is 5.53. The third-order valence-corrected chi connectivity index (χ3v) is 2.77. The van der Waals surface area contributed by atoms with Gasteiger partial charge in [-0.3, -0.25) is 0 Å². The summed E-state index contributed by atoms with van der Waals surface area (Å²) in [6.45, 7) is 4.11. The molecular formula is C12H14F3NO2. The highest BCUT2D eigenvalue weighted by Gasteiger charge is 2.32. The number of anilines is 1. The number of morpholine rings is 1. The SMILES string of the molecule is Cc1ccc(N2CCOCC2)cc1OC(F)(F)F. The first-order valence-corrected chi connectivity index (χ1v) is 5.65. The molecule has 1 saturated heterocycles. The Labute approximate surface area is 103 Å². The summed E-state index contributed by atoms with van der Waals surface area (Å²) < 4.78 is 45.9. The van der Waals surface area contributed by atoms with E-state index < -0.39 is 6.36 Å². The molecule has 0 aromatic heterocycles. The summed E-state index contributed by atoms with van der Waals surface area (Å²) in [5, 5.41) is 0. The van der Waals surface area contributed by atoms with Crippen LogP contribution in [0.1, 0.15) is 5.56 Å². The minimum absolute atomic E-state index is 0.147. The summed E-state index contributed by atoms with van der Waals surface area (Å²) in [4.78, 5) is 1.98. The van der Waals surface area contributed by atoms with Crippen LogP contribution >= 0.6 is 0 Å². The molecule has 0 bridgehead atoms. The minimum atomic E-state index is -4.66. The Hall–Kier alpha value is -1.43. The average molecular weight is 261 g/mol. The molecule has 1 aromatic rings. The lowest BCUT2D eigenvalue weighted by Gasteiger charge is -2.29. The van der Waals surface area contributed by atoms with E-state index in [4.69, 9.17) is 4.74 Å². The summed E-state index contributed by atoms with van der Waals surface area (Å²) in [6, 6.07) is 4.85. The van der Waals surface area contributed by atoms with Gasteiger partial charge >= 0.3 is 6.36 Å². The van der Waals surface area contributed by atoms with E-state index in [2.05, 4.69) is 4.74 Å². The molecular weight excluding hydrogens is 247 g/mol. The molecule has 1 heterocycles. The smallest absolute Gasteiger partial charge is 0.405 e. The molecule has 1 aromatic carbocycles. The van der Waals surface area contributed by atoms with Crippen molar-refractivity contribution in [2.24, 2.45) is 0 Å². The number of hydrogen-bond acceptors (Lipinski definition) is 3. The monoisotopic (exact) mass is 261 g/mol. The second-order valence-corrected chi connectivity index (χ2v) is 4.10. The fourth-order valence-corrected chi connectivity index (χ4v) is 1.84. The Kier molecular flexibility index (Phi) is 3.65. The van der Waals surface area contributed by atoms with Gasteiger partial charge in [-0.2, -0.15) is 0 Å². The second kappa shape index (κ2) is 5.06. The molecule has 2 rings (SSSR count). The topological polar surface area (TPSA) is 21.7 Å². The van der Waals surface area contributed by atoms with Crippen LogP contribution in [0.15, 0.2) is 18.2 Å². The zero-order valence-corrected chi connectivity index (χ0v) is 9.96. The second-order valence-electron chi connectivity index (χ2n) is 4.10. The van der Waals surface area contributed by atoms with Gasteiger partial charge in [0.1, 0.15) is 5.75 Å². The van der Waals surface area contributed by atoms with E-state index in [9.17, 15) is 13.2 Å². The zero-order valence-electron chi connectivity index (χ0n) is 9.96. The molecule has 0 saturated carbocycles. The number of rotatable bonds is 2. The highest BCUT2D eigenvalue weighted by atomic mass is 19.4. The van der Waals surface area contributed by atoms with E-state index in [1.165, 1.54) is 6.07 Å². The molecule has 1 aliphatic heterocycles. The van der Waals surface area contributed by atoms with Crippen LogP contribution in [0.25, 0.3) is 0 Å². The standard InChI is InChI=1S/C12H14F3NO2/c1-9-2-3-10(16-4-6-17-7-5-16)8-11(9)18-12(13,14)15/h2-3,8H,4-7H2,1H3. The van der Waals surface area contributed by atoms with Gasteiger partial charge in [-0.05, 0) is 18.6 Å². The molecule has 0 spiro atoms. The first-order chi connectivity index (χ1) is 8.46. The largest absolute Gasteiger partial charge is 0.573 e. The van der Waals surface area contributed by atoms with Crippen molar-refractivity contribution in [3.63, 3.8) is 0 Å². The zero-order chi connectivity index (χ0) is 13.2. The summed E-state index contributed by atoms with van der Waals surface area (Å²) >= 11 is 0. The van der Waals surface area contributed by atoms with E-state index >= 15 is 0 Å². The minimum Gasteiger partial charge on any atom is -0.405 e. The van der Waals surface area contributed by atoms with Gasteiger partial charge in [0.05, 0.1) is 13.2 Å². The molecule has 0 amide bonds. The maximum atomic E-state index is 12.2. The Morgan fingerprint density at radius 2 is 1.89 bits per heavy atom. The number of aryl methyl sites for hydroxylation is 1. The number of ether oxygens (including phenoxy) is 2. The van der Waals surface area contributed by atoms with Crippen LogP contribution in [0.4, 0.5) is 18.9 Å². The Balaban J connectivity index is 2.19. The molecule has 0 atom stereocenters. The normalized spacial score (nSPS) is 16.8. The van der Waals surface area contributed by atoms with Gasteiger partial charge in [0, 0.05) is 24.8 Å². The van der Waals surface area contributed by atoms with Crippen molar-refractivity contribution >= 4 is 5.69 Å². The van der Waals surface area contributed by atoms with Crippen LogP contribution in [-0.2, 0) is 4.74 Å². The van der Waals surface area contributed by atoms with Gasteiger partial charge in [-0.1, -0.05) is 6.07 Å². The van der Waals surface area contributed by atoms with Gasteiger partial charge in [-0.25, -0.2) is 0 Å². The van der Waals surface area contributed by atoms with E-state index in [0.29, 0.717) is 31.9 Å². The number of benzene rings is 1. The van der Waals surface area contributed by atoms with Crippen molar-refractivity contribution in [2.45, 2.75) is 13.3 Å². The van der Waals surface area contributed by atoms with Crippen molar-refractivity contribution in [1.29, 1.82) is 0 Å². The van der Waals surface area contributed by atoms with Gasteiger partial charge in [0.15, 0.2) is 0 Å². The number of nitrogens with zero attached hydrogens (tertiary/aromatic N) is 1. The molecule has 1 fully saturated rings. The third-order valence-electron chi connectivity index (χ3n) is 2.77. The number of hydrogen-bond donors (Lipinski definition) is 0. The molecule has 0 aliphatic carbocycles. The van der Waals surface area contributed by atoms with E-state index in [-0.39, 0.29) is 5.75 Å². The van der Waals surface area contributed by atoms with Crippen LogP contribution in [0.3, 0.4) is 0 Å². The molecule has 0 radical (unpaired) electrons. The van der Waals surface area contributed by atoms with E-state index in [1.54, 1.807) is 19.1 Å². The van der Waals surface area contributed by atoms with E-state index in [1.807, 2.05) is 4.90 Å². The number of alkyl halides is 3. The van der Waals surface area contributed by atoms with Crippen LogP contribution < -0.4 is 9.64 Å². The van der Waals surface area contributed by atoms with E-state index in [0.717, 1.165) is 5.69 Å². The first kappa shape index (κ1) is 13.0. The molecule has 6 heteroatoms. The molecule has 0 N–H and O–H groups in total. The summed E-state index contributed by atoms with van der Waals surface area (Å²) in [7, 11) is 0. The third kappa shape index (κ3) is 3.29. The highest BCUT2D eigenvalue weighted by Crippen LogP contribution is 2.30. The fraction of sp³-hybridized carbons (Fsp3) is 0.500. The van der Waals surface area contributed by atoms with Crippen molar-refractivity contribution in [2.75, 3.05) is 31.2 Å². The van der Waals surface area contributed by atoms with Gasteiger partial charge in [0.2, 0.25) is 0 Å². The Morgan fingerprint density at radius 3 is 2.50 bits per heavy atom. The first-order valence-electron chi connectivity index (χ1n) is 5.65. The lowest BCUT2D eigenvalue weighted by atomic mass is 10.2. The Morgan fingerprint density at radius 1 is 1.22 bits per heavy atom. The molecule has 1 aliphatic rings. The van der Waals surface area contributed by atoms with Gasteiger partial charge < -0.3 is 14.4 Å². The van der Waals surface area contributed by atoms with Crippen LogP contribution in [0.2, 0.25) is 0 Å². The maximum absolute atomic E-state index is 12.2. The molecule has 0 unspecified atom stereocenters.